The molecule has 2 heterocycles. The molecule has 0 atom stereocenters. The van der Waals surface area contributed by atoms with Crippen LogP contribution >= 0.6 is 23.1 Å². The molecule has 0 aromatic carbocycles. The third kappa shape index (κ3) is 4.37. The summed E-state index contributed by atoms with van der Waals surface area (Å²) in [6, 6.07) is 0.875. The van der Waals surface area contributed by atoms with Crippen LogP contribution in [0.1, 0.15) is 56.2 Å². The first-order valence-electron chi connectivity index (χ1n) is 9.73. The number of amides is 1. The zero-order chi connectivity index (χ0) is 19.0. The van der Waals surface area contributed by atoms with Crippen molar-refractivity contribution in [3.63, 3.8) is 0 Å². The van der Waals surface area contributed by atoms with Gasteiger partial charge in [0.15, 0.2) is 0 Å². The van der Waals surface area contributed by atoms with Gasteiger partial charge in [0.2, 0.25) is 5.91 Å². The minimum atomic E-state index is 0.214. The number of nitrogens with zero attached hydrogens (tertiary/aromatic N) is 4. The Bertz CT molecular complexity index is 806. The van der Waals surface area contributed by atoms with Gasteiger partial charge in [0, 0.05) is 12.1 Å². The highest BCUT2D eigenvalue weighted by atomic mass is 32.2. The molecule has 0 saturated heterocycles. The molecule has 0 N–H and O–H groups in total. The van der Waals surface area contributed by atoms with Crippen LogP contribution in [0.25, 0.3) is 10.8 Å². The van der Waals surface area contributed by atoms with E-state index in [0.29, 0.717) is 29.0 Å². The van der Waals surface area contributed by atoms with Gasteiger partial charge in [0.25, 0.3) is 11.1 Å². The Balaban J connectivity index is 1.37. The average molecular weight is 407 g/mol. The quantitative estimate of drug-likeness (QED) is 0.659. The average Bonchev–Trinajstić information content (AvgIpc) is 3.25. The molecule has 0 unspecified atom stereocenters. The van der Waals surface area contributed by atoms with E-state index in [-0.39, 0.29) is 5.91 Å². The number of aryl methyl sites for hydroxylation is 2. The number of aromatic nitrogens is 3. The Morgan fingerprint density at radius 2 is 1.81 bits per heavy atom. The van der Waals surface area contributed by atoms with Gasteiger partial charge in [-0.3, -0.25) is 4.79 Å². The van der Waals surface area contributed by atoms with Gasteiger partial charge in [-0.25, -0.2) is 4.98 Å². The zero-order valence-corrected chi connectivity index (χ0v) is 17.7. The summed E-state index contributed by atoms with van der Waals surface area (Å²) in [7, 11) is 0. The molecule has 146 valence electrons. The molecule has 0 aliphatic heterocycles. The monoisotopic (exact) mass is 406 g/mol. The number of carbonyl (C=O) groups is 1. The molecule has 0 spiro atoms. The number of carbonyl (C=O) groups excluding carboxylic acids is 1. The van der Waals surface area contributed by atoms with E-state index in [1.54, 1.807) is 11.3 Å². The summed E-state index contributed by atoms with van der Waals surface area (Å²) in [6.45, 7) is 6.22. The molecule has 2 aromatic heterocycles. The van der Waals surface area contributed by atoms with Crippen LogP contribution in [0.4, 0.5) is 0 Å². The number of thiazole rings is 1. The lowest BCUT2D eigenvalue weighted by atomic mass is 9.86. The fraction of sp³-hybridized carbons (Fsp3) is 0.684. The predicted octanol–water partition coefficient (Wildman–Crippen LogP) is 4.47. The molecule has 2 aliphatic rings. The fourth-order valence-corrected chi connectivity index (χ4v) is 5.34. The second-order valence-electron chi connectivity index (χ2n) is 7.76. The van der Waals surface area contributed by atoms with Crippen LogP contribution in [0.15, 0.2) is 9.64 Å². The zero-order valence-electron chi connectivity index (χ0n) is 16.1. The molecule has 2 aliphatic carbocycles. The van der Waals surface area contributed by atoms with Crippen LogP contribution in [-0.2, 0) is 4.79 Å². The van der Waals surface area contributed by atoms with Crippen molar-refractivity contribution in [1.82, 2.24) is 20.1 Å². The molecule has 6 nitrogen and oxygen atoms in total. The maximum atomic E-state index is 12.9. The van der Waals surface area contributed by atoms with Crippen LogP contribution in [0.5, 0.6) is 0 Å². The maximum Gasteiger partial charge on any atom is 0.277 e. The van der Waals surface area contributed by atoms with E-state index in [1.807, 2.05) is 13.8 Å². The summed E-state index contributed by atoms with van der Waals surface area (Å²) >= 11 is 2.90. The van der Waals surface area contributed by atoms with Crippen LogP contribution in [-0.4, -0.2) is 43.8 Å². The summed E-state index contributed by atoms with van der Waals surface area (Å²) in [4.78, 5) is 20.4. The van der Waals surface area contributed by atoms with Crippen molar-refractivity contribution in [2.45, 2.75) is 76.6 Å². The second kappa shape index (κ2) is 7.91. The summed E-state index contributed by atoms with van der Waals surface area (Å²) in [5.74, 6) is 1.87. The number of hydrogen-bond acceptors (Lipinski definition) is 7. The van der Waals surface area contributed by atoms with E-state index < -0.39 is 0 Å². The van der Waals surface area contributed by atoms with E-state index in [1.165, 1.54) is 24.6 Å². The summed E-state index contributed by atoms with van der Waals surface area (Å²) < 4.78 is 5.77. The van der Waals surface area contributed by atoms with Gasteiger partial charge < -0.3 is 9.32 Å². The first-order valence-corrected chi connectivity index (χ1v) is 11.5. The van der Waals surface area contributed by atoms with E-state index >= 15 is 0 Å². The Kier molecular flexibility index (Phi) is 5.55. The van der Waals surface area contributed by atoms with Crippen molar-refractivity contribution in [3.8, 4) is 10.8 Å². The highest BCUT2D eigenvalue weighted by Gasteiger charge is 2.38. The Morgan fingerprint density at radius 1 is 1.15 bits per heavy atom. The smallest absolute Gasteiger partial charge is 0.277 e. The van der Waals surface area contributed by atoms with Gasteiger partial charge in [0.1, 0.15) is 4.88 Å². The molecule has 27 heavy (non-hydrogen) atoms. The maximum absolute atomic E-state index is 12.9. The van der Waals surface area contributed by atoms with E-state index in [4.69, 9.17) is 4.42 Å². The van der Waals surface area contributed by atoms with Crippen LogP contribution in [0.3, 0.4) is 0 Å². The minimum Gasteiger partial charge on any atom is -0.410 e. The summed E-state index contributed by atoms with van der Waals surface area (Å²) in [5, 5.41) is 9.68. The molecule has 4 rings (SSSR count). The third-order valence-corrected chi connectivity index (χ3v) is 7.29. The van der Waals surface area contributed by atoms with Crippen molar-refractivity contribution in [2.75, 3.05) is 5.75 Å². The van der Waals surface area contributed by atoms with E-state index in [0.717, 1.165) is 47.2 Å². The molecule has 2 aromatic rings. The van der Waals surface area contributed by atoms with Crippen molar-refractivity contribution in [2.24, 2.45) is 5.92 Å². The Hall–Kier alpha value is -1.41. The summed E-state index contributed by atoms with van der Waals surface area (Å²) in [5.41, 5.74) is 0.903. The van der Waals surface area contributed by atoms with Gasteiger partial charge in [-0.05, 0) is 58.3 Å². The third-order valence-electron chi connectivity index (χ3n) is 5.43. The van der Waals surface area contributed by atoms with E-state index in [9.17, 15) is 4.79 Å². The Labute approximate surface area is 168 Å². The fourth-order valence-electron chi connectivity index (χ4n) is 3.87. The predicted molar refractivity (Wildman–Crippen MR) is 107 cm³/mol. The highest BCUT2D eigenvalue weighted by Crippen LogP contribution is 2.36. The van der Waals surface area contributed by atoms with Gasteiger partial charge in [-0.2, -0.15) is 0 Å². The molecular weight excluding hydrogens is 380 g/mol. The van der Waals surface area contributed by atoms with Crippen LogP contribution in [0.2, 0.25) is 0 Å². The van der Waals surface area contributed by atoms with E-state index in [2.05, 4.69) is 27.0 Å². The number of rotatable bonds is 6. The van der Waals surface area contributed by atoms with Gasteiger partial charge in [-0.15, -0.1) is 21.5 Å². The molecule has 0 radical (unpaired) electrons. The highest BCUT2D eigenvalue weighted by molar-refractivity contribution is 7.99. The largest absolute Gasteiger partial charge is 0.410 e. The summed E-state index contributed by atoms with van der Waals surface area (Å²) in [6.07, 6.45) is 7.05. The topological polar surface area (TPSA) is 72.1 Å². The first-order chi connectivity index (χ1) is 13.0. The van der Waals surface area contributed by atoms with Crippen LogP contribution < -0.4 is 0 Å². The molecule has 8 heteroatoms. The molecule has 2 fully saturated rings. The lowest BCUT2D eigenvalue weighted by Crippen LogP contribution is -2.44. The normalized spacial score (nSPS) is 22.8. The SMILES string of the molecule is Cc1nc(C)c(-c2nnc(SCC(=O)N(C3CCC(C)CC3)C3CC3)o2)s1. The molecular formula is C19H26N4O2S2. The van der Waals surface area contributed by atoms with Gasteiger partial charge in [-0.1, -0.05) is 18.7 Å². The number of thioether (sulfide) groups is 1. The first kappa shape index (κ1) is 18.9. The Morgan fingerprint density at radius 3 is 2.41 bits per heavy atom. The van der Waals surface area contributed by atoms with Crippen molar-refractivity contribution >= 4 is 29.0 Å². The second-order valence-corrected chi connectivity index (χ2v) is 9.88. The lowest BCUT2D eigenvalue weighted by molar-refractivity contribution is -0.132. The van der Waals surface area contributed by atoms with Crippen molar-refractivity contribution in [3.05, 3.63) is 10.7 Å². The minimum absolute atomic E-state index is 0.214. The van der Waals surface area contributed by atoms with Crippen LogP contribution in [0, 0.1) is 19.8 Å². The number of hydrogen-bond donors (Lipinski definition) is 0. The standard InChI is InChI=1S/C19H26N4O2S2/c1-11-4-6-14(7-5-11)23(15-8-9-15)16(24)10-26-19-22-21-18(25-19)17-12(2)20-13(3)27-17/h11,14-15H,4-10H2,1-3H3. The van der Waals surface area contributed by atoms with Gasteiger partial charge in [0.05, 0.1) is 16.5 Å². The molecule has 0 bridgehead atoms. The molecule has 2 saturated carbocycles. The van der Waals surface area contributed by atoms with Gasteiger partial charge >= 0.3 is 0 Å². The van der Waals surface area contributed by atoms with Crippen molar-refractivity contribution in [1.29, 1.82) is 0 Å². The molecule has 1 amide bonds. The lowest BCUT2D eigenvalue weighted by Gasteiger charge is -2.36. The van der Waals surface area contributed by atoms with Crippen molar-refractivity contribution < 1.29 is 9.21 Å².